The number of carbonyl (C=O) groups is 1. The zero-order chi connectivity index (χ0) is 23.3. The van der Waals surface area contributed by atoms with Gasteiger partial charge >= 0.3 is 5.97 Å². The van der Waals surface area contributed by atoms with Crippen molar-refractivity contribution in [1.29, 1.82) is 5.26 Å². The highest BCUT2D eigenvalue weighted by Gasteiger charge is 2.21. The molecule has 0 bridgehead atoms. The van der Waals surface area contributed by atoms with Crippen LogP contribution < -0.4 is 9.47 Å². The summed E-state index contributed by atoms with van der Waals surface area (Å²) < 4.78 is 36.1. The lowest BCUT2D eigenvalue weighted by Crippen LogP contribution is -2.10. The van der Waals surface area contributed by atoms with Crippen LogP contribution in [0.5, 0.6) is 11.5 Å². The summed E-state index contributed by atoms with van der Waals surface area (Å²) in [6, 6.07) is 18.1. The molecule has 32 heavy (non-hydrogen) atoms. The molecule has 6 nitrogen and oxygen atoms in total. The van der Waals surface area contributed by atoms with Gasteiger partial charge in [0.25, 0.3) is 0 Å². The number of sulfone groups is 1. The quantitative estimate of drug-likeness (QED) is 0.256. The smallest absolute Gasteiger partial charge is 0.345 e. The molecular formula is C23H15Cl2NO5S. The van der Waals surface area contributed by atoms with Crippen LogP contribution in [0.3, 0.4) is 0 Å². The number of carbonyl (C=O) groups excluding carboxylic acids is 1. The van der Waals surface area contributed by atoms with Crippen molar-refractivity contribution in [2.24, 2.45) is 0 Å². The van der Waals surface area contributed by atoms with E-state index in [4.69, 9.17) is 32.7 Å². The maximum absolute atomic E-state index is 12.7. The SMILES string of the molecule is COc1cc(C=C(C#N)S(=O)(=O)c2ccccc2)ccc1OC(=O)c1ccc(Cl)cc1Cl. The van der Waals surface area contributed by atoms with Crippen molar-refractivity contribution in [3.8, 4) is 17.6 Å². The van der Waals surface area contributed by atoms with Gasteiger partial charge in [0.15, 0.2) is 11.5 Å². The van der Waals surface area contributed by atoms with E-state index in [1.165, 1.54) is 61.7 Å². The molecule has 0 fully saturated rings. The number of hydrogen-bond donors (Lipinski definition) is 0. The lowest BCUT2D eigenvalue weighted by molar-refractivity contribution is 0.0730. The third-order valence-electron chi connectivity index (χ3n) is 4.29. The number of methoxy groups -OCH3 is 1. The predicted molar refractivity (Wildman–Crippen MR) is 122 cm³/mol. The van der Waals surface area contributed by atoms with Crippen LogP contribution in [0.2, 0.25) is 10.0 Å². The molecule has 0 atom stereocenters. The Bertz CT molecular complexity index is 1350. The van der Waals surface area contributed by atoms with Crippen LogP contribution in [0.4, 0.5) is 0 Å². The molecular weight excluding hydrogens is 473 g/mol. The molecule has 162 valence electrons. The summed E-state index contributed by atoms with van der Waals surface area (Å²) in [7, 11) is -2.63. The first-order valence-electron chi connectivity index (χ1n) is 9.03. The van der Waals surface area contributed by atoms with E-state index in [1.807, 2.05) is 0 Å². The van der Waals surface area contributed by atoms with Crippen molar-refractivity contribution < 1.29 is 22.7 Å². The van der Waals surface area contributed by atoms with Crippen LogP contribution in [0.1, 0.15) is 15.9 Å². The number of ether oxygens (including phenoxy) is 2. The van der Waals surface area contributed by atoms with Crippen molar-refractivity contribution in [3.63, 3.8) is 0 Å². The molecule has 0 radical (unpaired) electrons. The Morgan fingerprint density at radius 1 is 1.00 bits per heavy atom. The largest absolute Gasteiger partial charge is 0.493 e. The second-order valence-electron chi connectivity index (χ2n) is 6.36. The molecule has 0 aliphatic rings. The Kier molecular flexibility index (Phi) is 7.21. The average Bonchev–Trinajstić information content (AvgIpc) is 2.78. The van der Waals surface area contributed by atoms with Gasteiger partial charge in [-0.2, -0.15) is 5.26 Å². The zero-order valence-corrected chi connectivity index (χ0v) is 18.9. The third kappa shape index (κ3) is 5.11. The number of benzene rings is 3. The standard InChI is InChI=1S/C23H15Cl2NO5S/c1-30-22-12-15(11-18(14-26)32(28,29)17-5-3-2-4-6-17)7-10-21(22)31-23(27)19-9-8-16(24)13-20(19)25/h2-13H,1H3. The summed E-state index contributed by atoms with van der Waals surface area (Å²) in [5.74, 6) is -0.477. The molecule has 0 spiro atoms. The van der Waals surface area contributed by atoms with Crippen molar-refractivity contribution >= 4 is 45.1 Å². The van der Waals surface area contributed by atoms with E-state index >= 15 is 0 Å². The van der Waals surface area contributed by atoms with Gasteiger partial charge in [-0.1, -0.05) is 47.5 Å². The molecule has 0 heterocycles. The maximum atomic E-state index is 12.7. The minimum Gasteiger partial charge on any atom is -0.493 e. The molecule has 3 aromatic rings. The first-order chi connectivity index (χ1) is 15.3. The van der Waals surface area contributed by atoms with Gasteiger partial charge in [0.05, 0.1) is 22.6 Å². The van der Waals surface area contributed by atoms with E-state index in [2.05, 4.69) is 0 Å². The Morgan fingerprint density at radius 2 is 1.72 bits per heavy atom. The molecule has 0 saturated carbocycles. The Hall–Kier alpha value is -3.31. The van der Waals surface area contributed by atoms with E-state index in [-0.39, 0.29) is 27.0 Å². The highest BCUT2D eigenvalue weighted by atomic mass is 35.5. The molecule has 0 aromatic heterocycles. The molecule has 0 amide bonds. The molecule has 0 aliphatic heterocycles. The second-order valence-corrected chi connectivity index (χ2v) is 9.12. The van der Waals surface area contributed by atoms with Crippen LogP contribution in [0, 0.1) is 11.3 Å². The van der Waals surface area contributed by atoms with Gasteiger partial charge in [-0.3, -0.25) is 0 Å². The minimum absolute atomic E-state index is 0.00478. The van der Waals surface area contributed by atoms with Gasteiger partial charge in [0.2, 0.25) is 9.84 Å². The fraction of sp³-hybridized carbons (Fsp3) is 0.0435. The van der Waals surface area contributed by atoms with Crippen LogP contribution in [0.15, 0.2) is 76.5 Å². The number of hydrogen-bond acceptors (Lipinski definition) is 6. The van der Waals surface area contributed by atoms with Crippen molar-refractivity contribution in [2.75, 3.05) is 7.11 Å². The van der Waals surface area contributed by atoms with Gasteiger partial charge in [0, 0.05) is 5.02 Å². The highest BCUT2D eigenvalue weighted by molar-refractivity contribution is 7.95. The Balaban J connectivity index is 1.92. The van der Waals surface area contributed by atoms with Crippen LogP contribution in [0.25, 0.3) is 6.08 Å². The average molecular weight is 488 g/mol. The first kappa shape index (κ1) is 23.4. The zero-order valence-electron chi connectivity index (χ0n) is 16.6. The van der Waals surface area contributed by atoms with Crippen LogP contribution in [-0.4, -0.2) is 21.5 Å². The summed E-state index contributed by atoms with van der Waals surface area (Å²) in [6.07, 6.45) is 1.21. The molecule has 3 rings (SSSR count). The van der Waals surface area contributed by atoms with Gasteiger partial charge in [-0.25, -0.2) is 13.2 Å². The van der Waals surface area contributed by atoms with Crippen LogP contribution in [-0.2, 0) is 9.84 Å². The summed E-state index contributed by atoms with van der Waals surface area (Å²) >= 11 is 11.9. The number of nitriles is 1. The van der Waals surface area contributed by atoms with Crippen LogP contribution >= 0.6 is 23.2 Å². The predicted octanol–water partition coefficient (Wildman–Crippen LogP) is 5.56. The molecule has 0 aliphatic carbocycles. The fourth-order valence-electron chi connectivity index (χ4n) is 2.72. The normalized spacial score (nSPS) is 11.5. The van der Waals surface area contributed by atoms with E-state index < -0.39 is 20.7 Å². The maximum Gasteiger partial charge on any atom is 0.345 e. The van der Waals surface area contributed by atoms with E-state index in [0.717, 1.165) is 0 Å². The van der Waals surface area contributed by atoms with Gasteiger partial charge < -0.3 is 9.47 Å². The number of halogens is 2. The molecule has 0 unspecified atom stereocenters. The lowest BCUT2D eigenvalue weighted by atomic mass is 10.2. The number of allylic oxidation sites excluding steroid dienone is 1. The third-order valence-corrected chi connectivity index (χ3v) is 6.52. The molecule has 9 heteroatoms. The molecule has 3 aromatic carbocycles. The van der Waals surface area contributed by atoms with E-state index in [1.54, 1.807) is 24.3 Å². The number of rotatable bonds is 6. The monoisotopic (exact) mass is 487 g/mol. The van der Waals surface area contributed by atoms with Gasteiger partial charge in [-0.05, 0) is 54.1 Å². The Labute approximate surface area is 195 Å². The Morgan fingerprint density at radius 3 is 2.34 bits per heavy atom. The topological polar surface area (TPSA) is 93.5 Å². The summed E-state index contributed by atoms with van der Waals surface area (Å²) in [6.45, 7) is 0. The van der Waals surface area contributed by atoms with Crippen molar-refractivity contribution in [3.05, 3.63) is 92.8 Å². The lowest BCUT2D eigenvalue weighted by Gasteiger charge is -2.11. The van der Waals surface area contributed by atoms with E-state index in [0.29, 0.717) is 10.6 Å². The van der Waals surface area contributed by atoms with Gasteiger partial charge in [0.1, 0.15) is 11.0 Å². The first-order valence-corrected chi connectivity index (χ1v) is 11.3. The number of esters is 1. The van der Waals surface area contributed by atoms with Crippen molar-refractivity contribution in [1.82, 2.24) is 0 Å². The van der Waals surface area contributed by atoms with Gasteiger partial charge in [-0.15, -0.1) is 0 Å². The molecule has 0 saturated heterocycles. The summed E-state index contributed by atoms with van der Waals surface area (Å²) in [4.78, 5) is 12.0. The minimum atomic E-state index is -3.99. The fourth-order valence-corrected chi connectivity index (χ4v) is 4.38. The molecule has 0 N–H and O–H groups in total. The van der Waals surface area contributed by atoms with E-state index in [9.17, 15) is 18.5 Å². The number of nitrogens with zero attached hydrogens (tertiary/aromatic N) is 1. The summed E-state index contributed by atoms with van der Waals surface area (Å²) in [5.41, 5.74) is 0.477. The van der Waals surface area contributed by atoms with Crippen molar-refractivity contribution in [2.45, 2.75) is 4.90 Å². The second kappa shape index (κ2) is 9.88. The summed E-state index contributed by atoms with van der Waals surface area (Å²) in [5, 5.41) is 9.94. The highest BCUT2D eigenvalue weighted by Crippen LogP contribution is 2.31.